The highest BCUT2D eigenvalue weighted by molar-refractivity contribution is 5.94. The number of rotatable bonds is 5. The zero-order valence-electron chi connectivity index (χ0n) is 10.9. The number of primary amides is 1. The van der Waals surface area contributed by atoms with Crippen LogP contribution in [-0.4, -0.2) is 22.8 Å². The van der Waals surface area contributed by atoms with Crippen LogP contribution in [0.3, 0.4) is 0 Å². The van der Waals surface area contributed by atoms with Gasteiger partial charge in [-0.25, -0.2) is 0 Å². The minimum absolute atomic E-state index is 0.438. The summed E-state index contributed by atoms with van der Waals surface area (Å²) in [4.78, 5) is 11.2. The standard InChI is InChI=1S/C13H16N4O2/c1-17-10(5-6-16-17)8-15-11-7-9(13(14)18)3-4-12(11)19-2/h3-7,15H,8H2,1-2H3,(H2,14,18). The molecule has 0 radical (unpaired) electrons. The lowest BCUT2D eigenvalue weighted by atomic mass is 10.1. The summed E-state index contributed by atoms with van der Waals surface area (Å²) in [6.45, 7) is 0.578. The van der Waals surface area contributed by atoms with Gasteiger partial charge in [-0.15, -0.1) is 0 Å². The van der Waals surface area contributed by atoms with E-state index in [1.54, 1.807) is 36.2 Å². The molecule has 0 aliphatic heterocycles. The molecule has 1 heterocycles. The van der Waals surface area contributed by atoms with Crippen molar-refractivity contribution in [2.75, 3.05) is 12.4 Å². The number of benzene rings is 1. The summed E-state index contributed by atoms with van der Waals surface area (Å²) in [5.74, 6) is 0.193. The molecule has 0 fully saturated rings. The Hall–Kier alpha value is -2.50. The van der Waals surface area contributed by atoms with Gasteiger partial charge in [0.05, 0.1) is 25.0 Å². The summed E-state index contributed by atoms with van der Waals surface area (Å²) in [6.07, 6.45) is 1.73. The van der Waals surface area contributed by atoms with Gasteiger partial charge >= 0.3 is 0 Å². The molecule has 6 heteroatoms. The van der Waals surface area contributed by atoms with Gasteiger partial charge in [-0.1, -0.05) is 0 Å². The van der Waals surface area contributed by atoms with E-state index in [4.69, 9.17) is 10.5 Å². The average Bonchev–Trinajstić information content (AvgIpc) is 2.81. The fourth-order valence-electron chi connectivity index (χ4n) is 1.76. The Morgan fingerprint density at radius 3 is 2.84 bits per heavy atom. The minimum Gasteiger partial charge on any atom is -0.495 e. The second-order valence-corrected chi connectivity index (χ2v) is 4.08. The lowest BCUT2D eigenvalue weighted by Gasteiger charge is -2.12. The number of amides is 1. The van der Waals surface area contributed by atoms with Crippen molar-refractivity contribution in [1.29, 1.82) is 0 Å². The maximum Gasteiger partial charge on any atom is 0.248 e. The molecule has 0 aliphatic carbocycles. The molecule has 0 aliphatic rings. The van der Waals surface area contributed by atoms with E-state index in [0.29, 0.717) is 17.9 Å². The summed E-state index contributed by atoms with van der Waals surface area (Å²) in [7, 11) is 3.45. The molecule has 0 atom stereocenters. The van der Waals surface area contributed by atoms with E-state index in [9.17, 15) is 4.79 Å². The van der Waals surface area contributed by atoms with Crippen LogP contribution >= 0.6 is 0 Å². The number of carbonyl (C=O) groups is 1. The van der Waals surface area contributed by atoms with Crippen molar-refractivity contribution in [3.05, 3.63) is 41.7 Å². The fourth-order valence-corrected chi connectivity index (χ4v) is 1.76. The maximum absolute atomic E-state index is 11.2. The molecular formula is C13H16N4O2. The normalized spacial score (nSPS) is 10.2. The van der Waals surface area contributed by atoms with Crippen LogP contribution in [0.15, 0.2) is 30.5 Å². The van der Waals surface area contributed by atoms with Crippen LogP contribution < -0.4 is 15.8 Å². The van der Waals surface area contributed by atoms with Crippen LogP contribution in [0.25, 0.3) is 0 Å². The van der Waals surface area contributed by atoms with Gasteiger partial charge in [-0.3, -0.25) is 9.48 Å². The van der Waals surface area contributed by atoms with Gasteiger partial charge in [0.2, 0.25) is 5.91 Å². The van der Waals surface area contributed by atoms with Crippen LogP contribution in [0.4, 0.5) is 5.69 Å². The first-order valence-electron chi connectivity index (χ1n) is 5.80. The molecule has 0 bridgehead atoms. The van der Waals surface area contributed by atoms with E-state index in [1.807, 2.05) is 13.1 Å². The Balaban J connectivity index is 2.20. The first kappa shape index (κ1) is 12.9. The predicted molar refractivity (Wildman–Crippen MR) is 72.0 cm³/mol. The van der Waals surface area contributed by atoms with E-state index in [1.165, 1.54) is 0 Å². The van der Waals surface area contributed by atoms with Crippen molar-refractivity contribution >= 4 is 11.6 Å². The van der Waals surface area contributed by atoms with Crippen LogP contribution in [0.2, 0.25) is 0 Å². The van der Waals surface area contributed by atoms with Gasteiger partial charge < -0.3 is 15.8 Å². The van der Waals surface area contributed by atoms with Crippen LogP contribution in [0.5, 0.6) is 5.75 Å². The number of nitrogens with two attached hydrogens (primary N) is 1. The number of methoxy groups -OCH3 is 1. The first-order chi connectivity index (χ1) is 9.11. The van der Waals surface area contributed by atoms with Gasteiger partial charge in [0.1, 0.15) is 5.75 Å². The number of nitrogens with one attached hydrogen (secondary N) is 1. The number of aromatic nitrogens is 2. The maximum atomic E-state index is 11.2. The Morgan fingerprint density at radius 2 is 2.26 bits per heavy atom. The monoisotopic (exact) mass is 260 g/mol. The number of anilines is 1. The predicted octanol–water partition coefficient (Wildman–Crippen LogP) is 1.14. The molecule has 0 spiro atoms. The topological polar surface area (TPSA) is 82.2 Å². The molecule has 1 aromatic carbocycles. The lowest BCUT2D eigenvalue weighted by molar-refractivity contribution is 0.100. The number of hydrogen-bond donors (Lipinski definition) is 2. The number of hydrogen-bond acceptors (Lipinski definition) is 4. The van der Waals surface area contributed by atoms with Crippen molar-refractivity contribution in [2.45, 2.75) is 6.54 Å². The highest BCUT2D eigenvalue weighted by atomic mass is 16.5. The zero-order chi connectivity index (χ0) is 13.8. The molecule has 1 aromatic heterocycles. The van der Waals surface area contributed by atoms with Gasteiger partial charge in [-0.05, 0) is 24.3 Å². The molecule has 2 rings (SSSR count). The fraction of sp³-hybridized carbons (Fsp3) is 0.231. The van der Waals surface area contributed by atoms with Crippen LogP contribution in [0, 0.1) is 0 Å². The molecular weight excluding hydrogens is 244 g/mol. The van der Waals surface area contributed by atoms with Crippen LogP contribution in [0.1, 0.15) is 16.1 Å². The summed E-state index contributed by atoms with van der Waals surface area (Å²) in [5.41, 5.74) is 7.45. The Bertz CT molecular complexity index is 592. The molecule has 6 nitrogen and oxygen atoms in total. The van der Waals surface area contributed by atoms with E-state index in [0.717, 1.165) is 11.4 Å². The van der Waals surface area contributed by atoms with E-state index >= 15 is 0 Å². The van der Waals surface area contributed by atoms with E-state index in [2.05, 4.69) is 10.4 Å². The molecule has 3 N–H and O–H groups in total. The number of carbonyl (C=O) groups excluding carboxylic acids is 1. The highest BCUT2D eigenvalue weighted by Gasteiger charge is 2.08. The molecule has 0 saturated heterocycles. The van der Waals surface area contributed by atoms with Gasteiger partial charge in [0, 0.05) is 18.8 Å². The minimum atomic E-state index is -0.466. The summed E-state index contributed by atoms with van der Waals surface area (Å²) >= 11 is 0. The quantitative estimate of drug-likeness (QED) is 0.844. The Kier molecular flexibility index (Phi) is 3.70. The zero-order valence-corrected chi connectivity index (χ0v) is 10.9. The van der Waals surface area contributed by atoms with Gasteiger partial charge in [0.15, 0.2) is 0 Å². The van der Waals surface area contributed by atoms with Crippen molar-refractivity contribution in [1.82, 2.24) is 9.78 Å². The third-order valence-electron chi connectivity index (χ3n) is 2.87. The second-order valence-electron chi connectivity index (χ2n) is 4.08. The average molecular weight is 260 g/mol. The molecule has 0 unspecified atom stereocenters. The number of aryl methyl sites for hydroxylation is 1. The van der Waals surface area contributed by atoms with Crippen LogP contribution in [-0.2, 0) is 13.6 Å². The van der Waals surface area contributed by atoms with Crippen molar-refractivity contribution in [3.63, 3.8) is 0 Å². The number of ether oxygens (including phenoxy) is 1. The summed E-state index contributed by atoms with van der Waals surface area (Å²) in [6, 6.07) is 6.94. The smallest absolute Gasteiger partial charge is 0.248 e. The van der Waals surface area contributed by atoms with Crippen molar-refractivity contribution in [3.8, 4) is 5.75 Å². The SMILES string of the molecule is COc1ccc(C(N)=O)cc1NCc1ccnn1C. The van der Waals surface area contributed by atoms with Crippen molar-refractivity contribution in [2.24, 2.45) is 12.8 Å². The summed E-state index contributed by atoms with van der Waals surface area (Å²) in [5, 5.41) is 7.30. The third-order valence-corrected chi connectivity index (χ3v) is 2.87. The van der Waals surface area contributed by atoms with E-state index < -0.39 is 5.91 Å². The molecule has 100 valence electrons. The largest absolute Gasteiger partial charge is 0.495 e. The summed E-state index contributed by atoms with van der Waals surface area (Å²) < 4.78 is 7.02. The van der Waals surface area contributed by atoms with Gasteiger partial charge in [0.25, 0.3) is 0 Å². The number of nitrogens with zero attached hydrogens (tertiary/aromatic N) is 2. The lowest BCUT2D eigenvalue weighted by Crippen LogP contribution is -2.12. The Morgan fingerprint density at radius 1 is 1.47 bits per heavy atom. The third kappa shape index (κ3) is 2.85. The van der Waals surface area contributed by atoms with Gasteiger partial charge in [-0.2, -0.15) is 5.10 Å². The highest BCUT2D eigenvalue weighted by Crippen LogP contribution is 2.25. The molecule has 19 heavy (non-hydrogen) atoms. The first-order valence-corrected chi connectivity index (χ1v) is 5.80. The van der Waals surface area contributed by atoms with E-state index in [-0.39, 0.29) is 0 Å². The molecule has 2 aromatic rings. The van der Waals surface area contributed by atoms with Crippen molar-refractivity contribution < 1.29 is 9.53 Å². The molecule has 0 saturated carbocycles. The Labute approximate surface area is 111 Å². The second kappa shape index (κ2) is 5.43. The molecule has 1 amide bonds.